The molecule has 0 atom stereocenters. The predicted octanol–water partition coefficient (Wildman–Crippen LogP) is 2.05. The zero-order valence-corrected chi connectivity index (χ0v) is 16.4. The van der Waals surface area contributed by atoms with Gasteiger partial charge in [0.15, 0.2) is 6.61 Å². The number of carbonyl (C=O) groups excluding carboxylic acids is 1. The molecule has 0 aliphatic carbocycles. The SMILES string of the molecule is COCCNS(=O)(=O)c1ccc(OCC(=O)N2CCCCCC2)c(Cl)c1. The first-order chi connectivity index (χ1) is 12.4. The minimum Gasteiger partial charge on any atom is -0.482 e. The van der Waals surface area contributed by atoms with Crippen LogP contribution in [0.2, 0.25) is 5.02 Å². The molecule has 1 fully saturated rings. The van der Waals surface area contributed by atoms with E-state index in [9.17, 15) is 13.2 Å². The van der Waals surface area contributed by atoms with Gasteiger partial charge in [-0.2, -0.15) is 0 Å². The van der Waals surface area contributed by atoms with Crippen molar-refractivity contribution in [3.63, 3.8) is 0 Å². The minimum atomic E-state index is -3.67. The van der Waals surface area contributed by atoms with Crippen molar-refractivity contribution in [1.29, 1.82) is 0 Å². The summed E-state index contributed by atoms with van der Waals surface area (Å²) in [6.07, 6.45) is 4.31. The van der Waals surface area contributed by atoms with Gasteiger partial charge in [-0.05, 0) is 31.0 Å². The van der Waals surface area contributed by atoms with Crippen LogP contribution in [0.15, 0.2) is 23.1 Å². The third-order valence-electron chi connectivity index (χ3n) is 4.12. The highest BCUT2D eigenvalue weighted by Gasteiger charge is 2.18. The third kappa shape index (κ3) is 6.12. The van der Waals surface area contributed by atoms with Crippen molar-refractivity contribution in [3.05, 3.63) is 23.2 Å². The second-order valence-electron chi connectivity index (χ2n) is 6.07. The Balaban J connectivity index is 1.95. The van der Waals surface area contributed by atoms with Crippen LogP contribution >= 0.6 is 11.6 Å². The number of methoxy groups -OCH3 is 1. The number of halogens is 1. The number of benzene rings is 1. The van der Waals surface area contributed by atoms with Gasteiger partial charge in [-0.1, -0.05) is 24.4 Å². The summed E-state index contributed by atoms with van der Waals surface area (Å²) in [7, 11) is -2.18. The lowest BCUT2D eigenvalue weighted by atomic mass is 10.2. The Morgan fingerprint density at radius 3 is 2.54 bits per heavy atom. The molecule has 1 aliphatic rings. The third-order valence-corrected chi connectivity index (χ3v) is 5.88. The molecule has 1 aromatic rings. The van der Waals surface area contributed by atoms with Crippen molar-refractivity contribution in [2.45, 2.75) is 30.6 Å². The maximum atomic E-state index is 12.2. The second kappa shape index (κ2) is 10.1. The molecule has 0 spiro atoms. The van der Waals surface area contributed by atoms with Crippen LogP contribution in [0.5, 0.6) is 5.75 Å². The smallest absolute Gasteiger partial charge is 0.260 e. The van der Waals surface area contributed by atoms with E-state index in [2.05, 4.69) is 4.72 Å². The standard InChI is InChI=1S/C17H25ClN2O5S/c1-24-11-8-19-26(22,23)14-6-7-16(15(18)12-14)25-13-17(21)20-9-4-2-3-5-10-20/h6-7,12,19H,2-5,8-11,13H2,1H3. The van der Waals surface area contributed by atoms with E-state index < -0.39 is 10.0 Å². The predicted molar refractivity (Wildman–Crippen MR) is 99.1 cm³/mol. The highest BCUT2D eigenvalue weighted by Crippen LogP contribution is 2.27. The monoisotopic (exact) mass is 404 g/mol. The molecule has 1 saturated heterocycles. The summed E-state index contributed by atoms with van der Waals surface area (Å²) in [6, 6.07) is 4.16. The molecular weight excluding hydrogens is 380 g/mol. The van der Waals surface area contributed by atoms with Crippen molar-refractivity contribution in [2.75, 3.05) is 40.0 Å². The highest BCUT2D eigenvalue weighted by atomic mass is 35.5. The first-order valence-electron chi connectivity index (χ1n) is 8.63. The second-order valence-corrected chi connectivity index (χ2v) is 8.24. The molecule has 1 aromatic carbocycles. The average molecular weight is 405 g/mol. The van der Waals surface area contributed by atoms with Gasteiger partial charge in [0.05, 0.1) is 16.5 Å². The fourth-order valence-electron chi connectivity index (χ4n) is 2.68. The summed E-state index contributed by atoms with van der Waals surface area (Å²) in [6.45, 7) is 1.82. The van der Waals surface area contributed by atoms with Gasteiger partial charge in [-0.25, -0.2) is 13.1 Å². The summed E-state index contributed by atoms with van der Waals surface area (Å²) in [5.74, 6) is 0.201. The number of hydrogen-bond donors (Lipinski definition) is 1. The van der Waals surface area contributed by atoms with Crippen molar-refractivity contribution in [2.24, 2.45) is 0 Å². The number of rotatable bonds is 8. The number of nitrogens with zero attached hydrogens (tertiary/aromatic N) is 1. The Morgan fingerprint density at radius 1 is 1.23 bits per heavy atom. The van der Waals surface area contributed by atoms with Crippen LogP contribution in [0, 0.1) is 0 Å². The van der Waals surface area contributed by atoms with Crippen LogP contribution in [-0.2, 0) is 19.6 Å². The molecule has 0 aromatic heterocycles. The van der Waals surface area contributed by atoms with Gasteiger partial charge < -0.3 is 14.4 Å². The molecular formula is C17H25ClN2O5S. The van der Waals surface area contributed by atoms with E-state index in [1.54, 1.807) is 4.90 Å². The molecule has 1 heterocycles. The fraction of sp³-hybridized carbons (Fsp3) is 0.588. The van der Waals surface area contributed by atoms with E-state index in [0.717, 1.165) is 38.8 Å². The number of ether oxygens (including phenoxy) is 2. The van der Waals surface area contributed by atoms with Gasteiger partial charge in [0, 0.05) is 26.7 Å². The number of sulfonamides is 1. The van der Waals surface area contributed by atoms with Crippen LogP contribution in [0.25, 0.3) is 0 Å². The van der Waals surface area contributed by atoms with Crippen LogP contribution < -0.4 is 9.46 Å². The maximum absolute atomic E-state index is 12.2. The Bertz CT molecular complexity index is 703. The molecule has 0 bridgehead atoms. The molecule has 1 N–H and O–H groups in total. The lowest BCUT2D eigenvalue weighted by molar-refractivity contribution is -0.133. The molecule has 146 valence electrons. The molecule has 2 rings (SSSR count). The van der Waals surface area contributed by atoms with Gasteiger partial charge in [0.1, 0.15) is 5.75 Å². The fourth-order valence-corrected chi connectivity index (χ4v) is 4.02. The maximum Gasteiger partial charge on any atom is 0.260 e. The minimum absolute atomic E-state index is 0.0322. The van der Waals surface area contributed by atoms with E-state index in [1.165, 1.54) is 25.3 Å². The lowest BCUT2D eigenvalue weighted by Gasteiger charge is -2.20. The zero-order valence-electron chi connectivity index (χ0n) is 14.9. The van der Waals surface area contributed by atoms with Gasteiger partial charge in [-0.3, -0.25) is 4.79 Å². The number of nitrogens with one attached hydrogen (secondary N) is 1. The number of amides is 1. The summed E-state index contributed by atoms with van der Waals surface area (Å²) in [5, 5.41) is 0.142. The van der Waals surface area contributed by atoms with Crippen molar-refractivity contribution in [1.82, 2.24) is 9.62 Å². The van der Waals surface area contributed by atoms with E-state index >= 15 is 0 Å². The first kappa shape index (κ1) is 21.0. The number of carbonyl (C=O) groups is 1. The first-order valence-corrected chi connectivity index (χ1v) is 10.5. The van der Waals surface area contributed by atoms with Gasteiger partial charge in [0.25, 0.3) is 5.91 Å². The quantitative estimate of drug-likeness (QED) is 0.670. The normalized spacial score (nSPS) is 15.5. The van der Waals surface area contributed by atoms with Crippen molar-refractivity contribution in [3.8, 4) is 5.75 Å². The van der Waals surface area contributed by atoms with Gasteiger partial charge in [0.2, 0.25) is 10.0 Å². The molecule has 1 aliphatic heterocycles. The van der Waals surface area contributed by atoms with E-state index in [1.807, 2.05) is 0 Å². The molecule has 0 radical (unpaired) electrons. The summed E-state index contributed by atoms with van der Waals surface area (Å²) in [5.41, 5.74) is 0. The zero-order chi connectivity index (χ0) is 19.0. The summed E-state index contributed by atoms with van der Waals surface area (Å²) >= 11 is 6.13. The molecule has 0 unspecified atom stereocenters. The summed E-state index contributed by atoms with van der Waals surface area (Å²) < 4.78 is 37.0. The highest BCUT2D eigenvalue weighted by molar-refractivity contribution is 7.89. The van der Waals surface area contributed by atoms with E-state index in [0.29, 0.717) is 0 Å². The Kier molecular flexibility index (Phi) is 8.15. The van der Waals surface area contributed by atoms with Crippen molar-refractivity contribution >= 4 is 27.5 Å². The van der Waals surface area contributed by atoms with Crippen LogP contribution in [0.4, 0.5) is 0 Å². The van der Waals surface area contributed by atoms with Crippen molar-refractivity contribution < 1.29 is 22.7 Å². The molecule has 9 heteroatoms. The van der Waals surface area contributed by atoms with E-state index in [4.69, 9.17) is 21.1 Å². The molecule has 1 amide bonds. The van der Waals surface area contributed by atoms with Gasteiger partial charge >= 0.3 is 0 Å². The average Bonchev–Trinajstić information content (AvgIpc) is 2.90. The van der Waals surface area contributed by atoms with E-state index in [-0.39, 0.29) is 41.3 Å². The molecule has 0 saturated carbocycles. The Morgan fingerprint density at radius 2 is 1.92 bits per heavy atom. The van der Waals surface area contributed by atoms with Crippen LogP contribution in [0.1, 0.15) is 25.7 Å². The summed E-state index contributed by atoms with van der Waals surface area (Å²) in [4.78, 5) is 14.1. The topological polar surface area (TPSA) is 84.9 Å². The Hall–Kier alpha value is -1.35. The largest absolute Gasteiger partial charge is 0.482 e. The Labute approximate surface area is 159 Å². The lowest BCUT2D eigenvalue weighted by Crippen LogP contribution is -2.35. The van der Waals surface area contributed by atoms with Gasteiger partial charge in [-0.15, -0.1) is 0 Å². The molecule has 7 nitrogen and oxygen atoms in total. The van der Waals surface area contributed by atoms with Crippen LogP contribution in [0.3, 0.4) is 0 Å². The number of hydrogen-bond acceptors (Lipinski definition) is 5. The van der Waals surface area contributed by atoms with Crippen LogP contribution in [-0.4, -0.2) is 59.2 Å². The molecule has 26 heavy (non-hydrogen) atoms. The number of likely N-dealkylation sites (tertiary alicyclic amines) is 1.